The van der Waals surface area contributed by atoms with Gasteiger partial charge >= 0.3 is 0 Å². The number of carbonyl (C=O) groups is 1. The van der Waals surface area contributed by atoms with Gasteiger partial charge in [0.25, 0.3) is 5.92 Å². The van der Waals surface area contributed by atoms with Gasteiger partial charge in [-0.1, -0.05) is 85.0 Å². The van der Waals surface area contributed by atoms with E-state index < -0.39 is 5.92 Å². The molecule has 0 bridgehead atoms. The highest BCUT2D eigenvalue weighted by atomic mass is 35.5. The highest BCUT2D eigenvalue weighted by Gasteiger charge is 2.28. The number of rotatable bonds is 9. The van der Waals surface area contributed by atoms with E-state index in [1.165, 1.54) is 30.0 Å². The van der Waals surface area contributed by atoms with E-state index in [-0.39, 0.29) is 22.3 Å². The summed E-state index contributed by atoms with van der Waals surface area (Å²) < 4.78 is 27.4. The Morgan fingerprint density at radius 3 is 2.57 bits per heavy atom. The maximum Gasteiger partial charge on any atom is 0.271 e. The fraction of sp³-hybridized carbons (Fsp3) is 0.348. The summed E-state index contributed by atoms with van der Waals surface area (Å²) in [6, 6.07) is 0. The van der Waals surface area contributed by atoms with Crippen LogP contribution in [0.2, 0.25) is 0 Å². The van der Waals surface area contributed by atoms with E-state index in [0.29, 0.717) is 23.3 Å². The zero-order chi connectivity index (χ0) is 21.5. The lowest BCUT2D eigenvalue weighted by Gasteiger charge is -2.19. The van der Waals surface area contributed by atoms with Gasteiger partial charge in [-0.2, -0.15) is 0 Å². The summed E-state index contributed by atoms with van der Waals surface area (Å²) in [7, 11) is 0. The molecule has 0 radical (unpaired) electrons. The molecule has 28 heavy (non-hydrogen) atoms. The molecule has 0 aromatic heterocycles. The summed E-state index contributed by atoms with van der Waals surface area (Å²) >= 11 is 7.32. The summed E-state index contributed by atoms with van der Waals surface area (Å²) in [5, 5.41) is -0.0818. The van der Waals surface area contributed by atoms with Gasteiger partial charge in [-0.3, -0.25) is 4.79 Å². The summed E-state index contributed by atoms with van der Waals surface area (Å²) in [5.74, 6) is -2.94. The van der Waals surface area contributed by atoms with Crippen molar-refractivity contribution in [1.29, 1.82) is 0 Å². The lowest BCUT2D eigenvalue weighted by atomic mass is 10.0. The van der Waals surface area contributed by atoms with E-state index >= 15 is 0 Å². The molecule has 1 atom stereocenters. The third kappa shape index (κ3) is 7.40. The van der Waals surface area contributed by atoms with Crippen molar-refractivity contribution in [2.24, 2.45) is 5.92 Å². The number of allylic oxidation sites excluding steroid dienone is 12. The minimum atomic E-state index is -3.07. The molecule has 1 rings (SSSR count). The third-order valence-corrected chi connectivity index (χ3v) is 5.97. The van der Waals surface area contributed by atoms with Gasteiger partial charge in [0.1, 0.15) is 0 Å². The van der Waals surface area contributed by atoms with Crippen LogP contribution in [-0.4, -0.2) is 11.7 Å². The first-order valence-corrected chi connectivity index (χ1v) is 10.2. The van der Waals surface area contributed by atoms with Gasteiger partial charge in [-0.25, -0.2) is 8.78 Å². The summed E-state index contributed by atoms with van der Waals surface area (Å²) in [5.41, 5.74) is 1.44. The normalized spacial score (nSPS) is 17.6. The first-order chi connectivity index (χ1) is 13.0. The van der Waals surface area contributed by atoms with Gasteiger partial charge in [0.15, 0.2) is 5.78 Å². The van der Waals surface area contributed by atoms with E-state index in [2.05, 4.69) is 26.2 Å². The topological polar surface area (TPSA) is 17.1 Å². The summed E-state index contributed by atoms with van der Waals surface area (Å²) in [4.78, 5) is 14.3. The van der Waals surface area contributed by atoms with E-state index in [4.69, 9.17) is 11.6 Å². The first kappa shape index (κ1) is 24.4. The van der Waals surface area contributed by atoms with Crippen LogP contribution in [0.5, 0.6) is 0 Å². The minimum absolute atomic E-state index is 0.0818. The SMILES string of the molecule is C=C/C(Cl)=C(\C=C(/C)C/C=C/C(=O)C1=CCC=C(C(C)C(=C)C)S1)C(C)(F)F. The monoisotopic (exact) mass is 424 g/mol. The minimum Gasteiger partial charge on any atom is -0.289 e. The number of hydrogen-bond donors (Lipinski definition) is 0. The molecule has 1 unspecified atom stereocenters. The molecule has 5 heteroatoms. The molecule has 0 aliphatic carbocycles. The van der Waals surface area contributed by atoms with Gasteiger partial charge in [0, 0.05) is 23.4 Å². The number of ketones is 1. The number of thioether (sulfide) groups is 1. The quantitative estimate of drug-likeness (QED) is 0.212. The predicted octanol–water partition coefficient (Wildman–Crippen LogP) is 7.90. The molecular formula is C23H27ClF2OS. The fourth-order valence-corrected chi connectivity index (χ4v) is 3.79. The van der Waals surface area contributed by atoms with Crippen LogP contribution in [0.1, 0.15) is 40.5 Å². The van der Waals surface area contributed by atoms with Gasteiger partial charge in [-0.15, -0.1) is 0 Å². The zero-order valence-corrected chi connectivity index (χ0v) is 18.4. The number of alkyl halides is 2. The number of halogens is 3. The van der Waals surface area contributed by atoms with E-state index in [1.54, 1.807) is 13.0 Å². The Balaban J connectivity index is 2.80. The van der Waals surface area contributed by atoms with Crippen molar-refractivity contribution in [3.8, 4) is 0 Å². The Kier molecular flexibility index (Phi) is 9.38. The lowest BCUT2D eigenvalue weighted by Crippen LogP contribution is -2.13. The average molecular weight is 425 g/mol. The van der Waals surface area contributed by atoms with E-state index in [9.17, 15) is 13.6 Å². The maximum absolute atomic E-state index is 13.7. The average Bonchev–Trinajstić information content (AvgIpc) is 2.63. The van der Waals surface area contributed by atoms with Crippen LogP contribution in [0.3, 0.4) is 0 Å². The van der Waals surface area contributed by atoms with Crippen molar-refractivity contribution in [1.82, 2.24) is 0 Å². The molecule has 1 aliphatic rings. The van der Waals surface area contributed by atoms with Crippen LogP contribution in [0.15, 0.2) is 81.2 Å². The van der Waals surface area contributed by atoms with Crippen molar-refractivity contribution in [2.75, 3.05) is 0 Å². The molecular weight excluding hydrogens is 398 g/mol. The van der Waals surface area contributed by atoms with Gasteiger partial charge in [0.05, 0.1) is 4.91 Å². The second kappa shape index (κ2) is 10.8. The lowest BCUT2D eigenvalue weighted by molar-refractivity contribution is -0.110. The van der Waals surface area contributed by atoms with Crippen molar-refractivity contribution < 1.29 is 13.6 Å². The van der Waals surface area contributed by atoms with Crippen LogP contribution in [-0.2, 0) is 4.79 Å². The van der Waals surface area contributed by atoms with Gasteiger partial charge in [0.2, 0.25) is 0 Å². The molecule has 0 saturated carbocycles. The van der Waals surface area contributed by atoms with E-state index in [0.717, 1.165) is 17.4 Å². The van der Waals surface area contributed by atoms with Crippen molar-refractivity contribution >= 4 is 29.1 Å². The smallest absolute Gasteiger partial charge is 0.271 e. The summed E-state index contributed by atoms with van der Waals surface area (Å²) in [6.07, 6.45) is 10.8. The standard InChI is InChI=1S/C23H27ClF2OS/c1-7-19(24)18(23(6,25)26)14-16(4)10-8-11-20(27)22-13-9-12-21(28-22)17(5)15(2)3/h7-8,11-14,17H,1-2,9-10H2,3-6H3/b11-8+,16-14+,19-18-. The van der Waals surface area contributed by atoms with Crippen molar-refractivity contribution in [3.05, 3.63) is 81.2 Å². The van der Waals surface area contributed by atoms with Crippen LogP contribution in [0.25, 0.3) is 0 Å². The third-order valence-electron chi connectivity index (χ3n) is 4.27. The molecule has 0 spiro atoms. The Hall–Kier alpha value is -1.65. The Morgan fingerprint density at radius 1 is 1.39 bits per heavy atom. The Labute approximate surface area is 176 Å². The molecule has 0 saturated heterocycles. The zero-order valence-electron chi connectivity index (χ0n) is 16.8. The van der Waals surface area contributed by atoms with E-state index in [1.807, 2.05) is 13.0 Å². The molecule has 1 heterocycles. The van der Waals surface area contributed by atoms with Crippen LogP contribution in [0.4, 0.5) is 8.78 Å². The number of carbonyl (C=O) groups excluding carboxylic acids is 1. The van der Waals surface area contributed by atoms with Crippen molar-refractivity contribution in [3.63, 3.8) is 0 Å². The molecule has 0 aromatic carbocycles. The second-order valence-corrected chi connectivity index (χ2v) is 8.42. The highest BCUT2D eigenvalue weighted by Crippen LogP contribution is 2.38. The van der Waals surface area contributed by atoms with Gasteiger partial charge in [-0.05, 0) is 37.7 Å². The highest BCUT2D eigenvalue weighted by molar-refractivity contribution is 8.07. The maximum atomic E-state index is 13.7. The predicted molar refractivity (Wildman–Crippen MR) is 119 cm³/mol. The molecule has 152 valence electrons. The van der Waals surface area contributed by atoms with Crippen LogP contribution in [0, 0.1) is 5.92 Å². The Bertz CT molecular complexity index is 792. The fourth-order valence-electron chi connectivity index (χ4n) is 2.41. The van der Waals surface area contributed by atoms with Crippen molar-refractivity contribution in [2.45, 2.75) is 46.5 Å². The van der Waals surface area contributed by atoms with Gasteiger partial charge < -0.3 is 0 Å². The second-order valence-electron chi connectivity index (χ2n) is 6.90. The number of hydrogen-bond acceptors (Lipinski definition) is 2. The molecule has 0 amide bonds. The largest absolute Gasteiger partial charge is 0.289 e. The first-order valence-electron chi connectivity index (χ1n) is 8.99. The van der Waals surface area contributed by atoms with Crippen LogP contribution >= 0.6 is 23.4 Å². The molecule has 0 fully saturated rings. The molecule has 0 N–H and O–H groups in total. The van der Waals surface area contributed by atoms with Crippen LogP contribution < -0.4 is 0 Å². The Morgan fingerprint density at radius 2 is 2.04 bits per heavy atom. The molecule has 0 aromatic rings. The molecule has 1 nitrogen and oxygen atoms in total. The molecule has 1 aliphatic heterocycles. The summed E-state index contributed by atoms with van der Waals surface area (Å²) in [6.45, 7) is 14.0.